The highest BCUT2D eigenvalue weighted by molar-refractivity contribution is 7.80. The maximum Gasteiger partial charge on any atom is 0.166 e. The second-order valence-corrected chi connectivity index (χ2v) is 7.06. The largest absolute Gasteiger partial charge is 0.360 e. The molecular weight excluding hydrogens is 260 g/mol. The van der Waals surface area contributed by atoms with E-state index in [1.807, 2.05) is 11.3 Å². The molecule has 1 fully saturated rings. The highest BCUT2D eigenvalue weighted by Crippen LogP contribution is 2.26. The van der Waals surface area contributed by atoms with Crippen molar-refractivity contribution in [1.82, 2.24) is 10.6 Å². The van der Waals surface area contributed by atoms with Gasteiger partial charge in [0.2, 0.25) is 0 Å². The average Bonchev–Trinajstić information content (AvgIpc) is 2.88. The van der Waals surface area contributed by atoms with Gasteiger partial charge in [-0.05, 0) is 57.5 Å². The summed E-state index contributed by atoms with van der Waals surface area (Å²) in [5.74, 6) is 0. The van der Waals surface area contributed by atoms with E-state index in [1.54, 1.807) is 0 Å². The predicted molar refractivity (Wildman–Crippen MR) is 83.3 cm³/mol. The molecule has 2 rings (SSSR count). The zero-order valence-electron chi connectivity index (χ0n) is 11.4. The van der Waals surface area contributed by atoms with Gasteiger partial charge in [0.15, 0.2) is 5.11 Å². The Morgan fingerprint density at radius 3 is 2.61 bits per heavy atom. The van der Waals surface area contributed by atoms with Crippen LogP contribution in [0.4, 0.5) is 0 Å². The minimum atomic E-state index is 0.288. The third-order valence-corrected chi connectivity index (χ3v) is 4.80. The molecule has 0 saturated heterocycles. The molecule has 0 spiro atoms. The van der Waals surface area contributed by atoms with E-state index in [1.165, 1.54) is 41.0 Å². The monoisotopic (exact) mass is 282 g/mol. The van der Waals surface area contributed by atoms with Crippen LogP contribution in [0.3, 0.4) is 0 Å². The second kappa shape index (κ2) is 6.02. The quantitative estimate of drug-likeness (QED) is 0.824. The van der Waals surface area contributed by atoms with Crippen molar-refractivity contribution >= 4 is 28.7 Å². The van der Waals surface area contributed by atoms with E-state index in [2.05, 4.69) is 37.5 Å². The van der Waals surface area contributed by atoms with Gasteiger partial charge in [-0.2, -0.15) is 0 Å². The Morgan fingerprint density at radius 1 is 1.39 bits per heavy atom. The van der Waals surface area contributed by atoms with Crippen molar-refractivity contribution in [3.05, 3.63) is 21.4 Å². The van der Waals surface area contributed by atoms with E-state index in [4.69, 9.17) is 12.2 Å². The summed E-state index contributed by atoms with van der Waals surface area (Å²) >= 11 is 7.25. The molecule has 0 amide bonds. The molecule has 0 aliphatic heterocycles. The van der Waals surface area contributed by atoms with Crippen LogP contribution in [0.5, 0.6) is 0 Å². The van der Waals surface area contributed by atoms with Gasteiger partial charge in [0.1, 0.15) is 0 Å². The molecule has 1 aliphatic carbocycles. The van der Waals surface area contributed by atoms with Gasteiger partial charge in [-0.3, -0.25) is 0 Å². The van der Waals surface area contributed by atoms with Crippen molar-refractivity contribution in [2.75, 3.05) is 0 Å². The SMILES string of the molecule is Cc1cc(C(C)NC(=S)NC2CCCC2)c(C)s1. The van der Waals surface area contributed by atoms with Gasteiger partial charge in [0.25, 0.3) is 0 Å². The number of hydrogen-bond acceptors (Lipinski definition) is 2. The number of rotatable bonds is 3. The van der Waals surface area contributed by atoms with Crippen LogP contribution in [0.25, 0.3) is 0 Å². The molecule has 18 heavy (non-hydrogen) atoms. The average molecular weight is 282 g/mol. The normalized spacial score (nSPS) is 17.7. The lowest BCUT2D eigenvalue weighted by molar-refractivity contribution is 0.605. The van der Waals surface area contributed by atoms with Crippen LogP contribution < -0.4 is 10.6 Å². The van der Waals surface area contributed by atoms with Crippen molar-refractivity contribution in [1.29, 1.82) is 0 Å². The fraction of sp³-hybridized carbons (Fsp3) is 0.643. The summed E-state index contributed by atoms with van der Waals surface area (Å²) in [4.78, 5) is 2.75. The maximum atomic E-state index is 5.40. The van der Waals surface area contributed by atoms with Crippen LogP contribution in [-0.4, -0.2) is 11.2 Å². The van der Waals surface area contributed by atoms with Crippen molar-refractivity contribution in [2.24, 2.45) is 0 Å². The molecule has 2 nitrogen and oxygen atoms in total. The molecule has 4 heteroatoms. The van der Waals surface area contributed by atoms with E-state index in [-0.39, 0.29) is 6.04 Å². The smallest absolute Gasteiger partial charge is 0.166 e. The Balaban J connectivity index is 1.88. The fourth-order valence-corrected chi connectivity index (χ4v) is 4.02. The first kappa shape index (κ1) is 13.8. The second-order valence-electron chi connectivity index (χ2n) is 5.19. The van der Waals surface area contributed by atoms with Gasteiger partial charge in [-0.25, -0.2) is 0 Å². The minimum absolute atomic E-state index is 0.288. The standard InChI is InChI=1S/C14H22N2S2/c1-9-8-13(11(3)18-9)10(2)15-14(17)16-12-6-4-5-7-12/h8,10,12H,4-7H2,1-3H3,(H2,15,16,17). The lowest BCUT2D eigenvalue weighted by Crippen LogP contribution is -2.41. The van der Waals surface area contributed by atoms with Gasteiger partial charge in [0, 0.05) is 15.8 Å². The van der Waals surface area contributed by atoms with Gasteiger partial charge < -0.3 is 10.6 Å². The van der Waals surface area contributed by atoms with Crippen LogP contribution in [0.2, 0.25) is 0 Å². The maximum absolute atomic E-state index is 5.40. The Hall–Kier alpha value is -0.610. The van der Waals surface area contributed by atoms with E-state index < -0.39 is 0 Å². The molecule has 1 saturated carbocycles. The Bertz CT molecular complexity index is 419. The number of hydrogen-bond donors (Lipinski definition) is 2. The van der Waals surface area contributed by atoms with Gasteiger partial charge >= 0.3 is 0 Å². The van der Waals surface area contributed by atoms with E-state index in [0.717, 1.165) is 5.11 Å². The first-order valence-electron chi connectivity index (χ1n) is 6.70. The summed E-state index contributed by atoms with van der Waals surface area (Å²) < 4.78 is 0. The molecule has 0 bridgehead atoms. The first-order chi connectivity index (χ1) is 8.56. The summed E-state index contributed by atoms with van der Waals surface area (Å²) in [7, 11) is 0. The molecule has 1 aromatic rings. The third-order valence-electron chi connectivity index (χ3n) is 3.58. The summed E-state index contributed by atoms with van der Waals surface area (Å²) in [6, 6.07) is 3.13. The van der Waals surface area contributed by atoms with Crippen molar-refractivity contribution in [3.63, 3.8) is 0 Å². The van der Waals surface area contributed by atoms with Gasteiger partial charge in [-0.1, -0.05) is 12.8 Å². The topological polar surface area (TPSA) is 24.1 Å². The van der Waals surface area contributed by atoms with Crippen LogP contribution in [-0.2, 0) is 0 Å². The molecule has 1 aliphatic rings. The fourth-order valence-electron chi connectivity index (χ4n) is 2.65. The van der Waals surface area contributed by atoms with E-state index in [0.29, 0.717) is 6.04 Å². The van der Waals surface area contributed by atoms with Gasteiger partial charge in [0.05, 0.1) is 6.04 Å². The van der Waals surface area contributed by atoms with Crippen LogP contribution in [0.1, 0.15) is 54.0 Å². The summed E-state index contributed by atoms with van der Waals surface area (Å²) in [6.07, 6.45) is 5.18. The number of thiophene rings is 1. The van der Waals surface area contributed by atoms with Crippen molar-refractivity contribution in [3.8, 4) is 0 Å². The van der Waals surface area contributed by atoms with Crippen LogP contribution >= 0.6 is 23.6 Å². The number of nitrogens with one attached hydrogen (secondary N) is 2. The Morgan fingerprint density at radius 2 is 2.06 bits per heavy atom. The number of aryl methyl sites for hydroxylation is 2. The molecule has 2 N–H and O–H groups in total. The molecule has 1 atom stereocenters. The minimum Gasteiger partial charge on any atom is -0.360 e. The zero-order chi connectivity index (χ0) is 13.1. The van der Waals surface area contributed by atoms with E-state index in [9.17, 15) is 0 Å². The van der Waals surface area contributed by atoms with Crippen LogP contribution in [0.15, 0.2) is 6.07 Å². The summed E-state index contributed by atoms with van der Waals surface area (Å²) in [5.41, 5.74) is 1.37. The van der Waals surface area contributed by atoms with E-state index >= 15 is 0 Å². The third kappa shape index (κ3) is 3.45. The summed E-state index contributed by atoms with van der Waals surface area (Å²) in [5, 5.41) is 7.64. The molecule has 1 aromatic heterocycles. The molecule has 1 unspecified atom stereocenters. The Kier molecular flexibility index (Phi) is 4.62. The predicted octanol–water partition coefficient (Wildman–Crippen LogP) is 3.83. The lowest BCUT2D eigenvalue weighted by atomic mass is 10.1. The summed E-state index contributed by atoms with van der Waals surface area (Å²) in [6.45, 7) is 6.51. The van der Waals surface area contributed by atoms with Crippen molar-refractivity contribution < 1.29 is 0 Å². The molecular formula is C14H22N2S2. The first-order valence-corrected chi connectivity index (χ1v) is 7.92. The molecule has 0 radical (unpaired) electrons. The van der Waals surface area contributed by atoms with Crippen molar-refractivity contribution in [2.45, 2.75) is 58.5 Å². The number of thiocarbonyl (C=S) groups is 1. The molecule has 0 aromatic carbocycles. The van der Waals surface area contributed by atoms with Crippen LogP contribution in [0, 0.1) is 13.8 Å². The highest BCUT2D eigenvalue weighted by atomic mass is 32.1. The highest BCUT2D eigenvalue weighted by Gasteiger charge is 2.17. The molecule has 100 valence electrons. The lowest BCUT2D eigenvalue weighted by Gasteiger charge is -2.20. The van der Waals surface area contributed by atoms with Gasteiger partial charge in [-0.15, -0.1) is 11.3 Å². The molecule has 1 heterocycles. The Labute approximate surface area is 119 Å². The zero-order valence-corrected chi connectivity index (χ0v) is 13.0.